The van der Waals surface area contributed by atoms with Crippen molar-refractivity contribution >= 4 is 34.8 Å². The third kappa shape index (κ3) is 13.2. The quantitative estimate of drug-likeness (QED) is 0.420. The number of halogens is 9. The predicted molar refractivity (Wildman–Crippen MR) is 57.0 cm³/mol. The zero-order chi connectivity index (χ0) is 15.9. The van der Waals surface area contributed by atoms with E-state index in [2.05, 4.69) is 15.9 Å². The minimum atomic E-state index is -6.00. The summed E-state index contributed by atoms with van der Waals surface area (Å²) in [5.41, 5.74) is -0.748. The van der Waals surface area contributed by atoms with Crippen molar-refractivity contribution in [3.05, 3.63) is 33.3 Å². The Morgan fingerprint density at radius 2 is 1.42 bits per heavy atom. The molecule has 0 aliphatic rings. The van der Waals surface area contributed by atoms with Gasteiger partial charge in [-0.25, -0.2) is 0 Å². The van der Waals surface area contributed by atoms with Crippen LogP contribution in [0.5, 0.6) is 0 Å². The second-order valence-electron chi connectivity index (χ2n) is 2.65. The summed E-state index contributed by atoms with van der Waals surface area (Å²) in [6.07, 6.45) is -4.34. The highest BCUT2D eigenvalue weighted by molar-refractivity contribution is 9.10. The summed E-state index contributed by atoms with van der Waals surface area (Å²) >= 11 is 8.35. The van der Waals surface area contributed by atoms with Crippen molar-refractivity contribution in [1.82, 2.24) is 0 Å². The van der Waals surface area contributed by atoms with Crippen LogP contribution in [0.15, 0.2) is 22.7 Å². The van der Waals surface area contributed by atoms with Gasteiger partial charge in [0.2, 0.25) is 5.39 Å². The van der Waals surface area contributed by atoms with Gasteiger partial charge in [-0.1, -0.05) is 27.5 Å². The monoisotopic (exact) mass is 374 g/mol. The molecule has 1 aromatic rings. The van der Waals surface area contributed by atoms with Crippen LogP contribution < -0.4 is 5.39 Å². The van der Waals surface area contributed by atoms with E-state index in [0.29, 0.717) is 4.47 Å². The van der Waals surface area contributed by atoms with E-state index in [4.69, 9.17) is 22.4 Å². The molecule has 0 aliphatic carbocycles. The molecule has 0 fully saturated rings. The molecule has 12 heteroatoms. The number of benzene rings is 1. The highest BCUT2D eigenvalue weighted by Crippen LogP contribution is 2.33. The van der Waals surface area contributed by atoms with Crippen LogP contribution in [0.3, 0.4) is 0 Å². The van der Waals surface area contributed by atoms with Crippen molar-refractivity contribution in [3.63, 3.8) is 0 Å². The van der Waals surface area contributed by atoms with Crippen LogP contribution >= 0.6 is 27.5 Å². The van der Waals surface area contributed by atoms with Crippen LogP contribution in [-0.2, 0) is 6.18 Å². The van der Waals surface area contributed by atoms with E-state index in [1.807, 2.05) is 0 Å². The zero-order valence-corrected chi connectivity index (χ0v) is 11.0. The molecule has 1 N–H and O–H groups in total. The van der Waals surface area contributed by atoms with Crippen molar-refractivity contribution in [3.8, 4) is 0 Å². The molecule has 1 rings (SSSR count). The molecule has 0 spiro atoms. The largest absolute Gasteiger partial charge is 0.673 e. The second kappa shape index (κ2) is 8.21. The molecule has 0 amide bonds. The van der Waals surface area contributed by atoms with Gasteiger partial charge < -0.3 is 17.3 Å². The maximum atomic E-state index is 12.1. The van der Waals surface area contributed by atoms with Crippen molar-refractivity contribution in [2.24, 2.45) is 0 Å². The molecule has 2 nitrogen and oxygen atoms in total. The highest BCUT2D eigenvalue weighted by atomic mass is 79.9. The second-order valence-corrected chi connectivity index (χ2v) is 4.00. The first-order chi connectivity index (χ1) is 8.39. The van der Waals surface area contributed by atoms with E-state index in [9.17, 15) is 30.4 Å². The van der Waals surface area contributed by atoms with Crippen molar-refractivity contribution in [1.29, 1.82) is 5.39 Å². The van der Waals surface area contributed by atoms with Gasteiger partial charge in [0.1, 0.15) is 0 Å². The molecule has 19 heavy (non-hydrogen) atoms. The average molecular weight is 375 g/mol. The molecular formula is C7H4BBrClF7N2. The van der Waals surface area contributed by atoms with Gasteiger partial charge in [0.15, 0.2) is 0 Å². The third-order valence-corrected chi connectivity index (χ3v) is 1.87. The Hall–Kier alpha value is -1.02. The number of hydrogen-bond donors (Lipinski definition) is 1. The number of nitrogens with zero attached hydrogens (tertiary/aromatic N) is 1. The molecule has 0 saturated carbocycles. The van der Waals surface area contributed by atoms with Gasteiger partial charge in [-0.15, -0.1) is 0 Å². The highest BCUT2D eigenvalue weighted by Gasteiger charge is 2.30. The molecular weight excluding hydrogens is 371 g/mol. The zero-order valence-electron chi connectivity index (χ0n) is 8.66. The van der Waals surface area contributed by atoms with E-state index in [1.54, 1.807) is 0 Å². The average Bonchev–Trinajstić information content (AvgIpc) is 2.15. The lowest BCUT2D eigenvalue weighted by Crippen LogP contribution is -2.11. The van der Waals surface area contributed by atoms with Gasteiger partial charge in [-0.3, -0.25) is 0 Å². The van der Waals surface area contributed by atoms with Crippen LogP contribution in [0.2, 0.25) is 5.02 Å². The maximum absolute atomic E-state index is 12.1. The molecule has 0 heterocycles. The van der Waals surface area contributed by atoms with E-state index >= 15 is 0 Å². The van der Waals surface area contributed by atoms with Crippen LogP contribution in [0.4, 0.5) is 30.4 Å². The fraction of sp³-hybridized carbons (Fsp3) is 0.143. The van der Waals surface area contributed by atoms with E-state index in [-0.39, 0.29) is 5.02 Å². The van der Waals surface area contributed by atoms with E-state index in [0.717, 1.165) is 12.1 Å². The molecule has 1 aromatic carbocycles. The van der Waals surface area contributed by atoms with Crippen LogP contribution in [0, 0.1) is 5.39 Å². The Labute approximate surface area is 116 Å². The number of rotatable bonds is 0. The van der Waals surface area contributed by atoms with E-state index in [1.165, 1.54) is 6.07 Å². The smallest absolute Gasteiger partial charge is 0.418 e. The van der Waals surface area contributed by atoms with Crippen molar-refractivity contribution in [2.75, 3.05) is 0 Å². The van der Waals surface area contributed by atoms with Gasteiger partial charge in [0.05, 0.1) is 11.0 Å². The van der Waals surface area contributed by atoms with Crippen molar-refractivity contribution in [2.45, 2.75) is 6.18 Å². The summed E-state index contributed by atoms with van der Waals surface area (Å²) in [6, 6.07) is 3.26. The summed E-state index contributed by atoms with van der Waals surface area (Å²) in [4.78, 5) is 0. The van der Waals surface area contributed by atoms with Gasteiger partial charge in [-0.05, 0) is 18.2 Å². The Balaban J connectivity index is 0. The Kier molecular flexibility index (Phi) is 8.78. The third-order valence-electron chi connectivity index (χ3n) is 1.19. The normalized spacial score (nSPS) is 10.7. The molecule has 0 radical (unpaired) electrons. The van der Waals surface area contributed by atoms with Gasteiger partial charge >= 0.3 is 13.4 Å². The fourth-order valence-corrected chi connectivity index (χ4v) is 1.58. The summed E-state index contributed by atoms with van der Waals surface area (Å²) in [5, 5.41) is 11.1. The molecule has 0 aliphatic heterocycles. The minimum absolute atomic E-state index is 0.0664. The minimum Gasteiger partial charge on any atom is -0.418 e. The first-order valence-electron chi connectivity index (χ1n) is 4.02. The SMILES string of the molecule is FC(F)(F)c1cc(Cl)cc(Br)c1.F[B-](F)(F)F.N#[NH+]. The Morgan fingerprint density at radius 3 is 1.68 bits per heavy atom. The van der Waals surface area contributed by atoms with Crippen molar-refractivity contribution < 1.29 is 35.8 Å². The first kappa shape index (κ1) is 20.3. The van der Waals surface area contributed by atoms with Gasteiger partial charge in [0.25, 0.3) is 0 Å². The standard InChI is InChI=1S/C7H3BrClF3.BF4.N2/c8-5-1-4(7(10,11)12)2-6(9)3-5;2-1(3,4)5;1-2/h1-3H;;/q;-1;/p+1. The Morgan fingerprint density at radius 1 is 1.05 bits per heavy atom. The molecule has 0 saturated heterocycles. The van der Waals surface area contributed by atoms with Crippen LogP contribution in [0.1, 0.15) is 5.56 Å². The lowest BCUT2D eigenvalue weighted by atomic mass is 10.2. The summed E-state index contributed by atoms with van der Waals surface area (Å²) < 4.78 is 75.5. The predicted octanol–water partition coefficient (Wildman–Crippen LogP) is 3.70. The van der Waals surface area contributed by atoms with Gasteiger partial charge in [0, 0.05) is 9.50 Å². The maximum Gasteiger partial charge on any atom is 0.673 e. The molecule has 0 aromatic heterocycles. The number of diazo groups is 1. The molecule has 0 atom stereocenters. The van der Waals surface area contributed by atoms with Gasteiger partial charge in [-0.2, -0.15) is 13.2 Å². The number of nitrogens with one attached hydrogen (secondary N) is 1. The topological polar surface area (TPSA) is 47.6 Å². The summed E-state index contributed by atoms with van der Waals surface area (Å²) in [5.74, 6) is 0. The fourth-order valence-electron chi connectivity index (χ4n) is 0.717. The lowest BCUT2D eigenvalue weighted by Gasteiger charge is -2.06. The number of alkyl halides is 3. The first-order valence-corrected chi connectivity index (χ1v) is 5.19. The summed E-state index contributed by atoms with van der Waals surface area (Å²) in [7, 11) is -6.00. The van der Waals surface area contributed by atoms with E-state index < -0.39 is 19.0 Å². The number of hydrogen-bond acceptors (Lipinski definition) is 1. The molecule has 0 unspecified atom stereocenters. The Bertz CT molecular complexity index is 394. The molecule has 108 valence electrons. The lowest BCUT2D eigenvalue weighted by molar-refractivity contribution is -0.175. The summed E-state index contributed by atoms with van der Waals surface area (Å²) in [6.45, 7) is 0. The van der Waals surface area contributed by atoms with Crippen LogP contribution in [-0.4, -0.2) is 7.25 Å². The molecule has 0 bridgehead atoms. The van der Waals surface area contributed by atoms with Crippen LogP contribution in [0.25, 0.3) is 0 Å².